The summed E-state index contributed by atoms with van der Waals surface area (Å²) in [5.74, 6) is -1.26. The lowest BCUT2D eigenvalue weighted by Gasteiger charge is -2.49. The van der Waals surface area contributed by atoms with E-state index in [0.29, 0.717) is 25.2 Å². The molecule has 1 saturated heterocycles. The summed E-state index contributed by atoms with van der Waals surface area (Å²) < 4.78 is 0. The first-order chi connectivity index (χ1) is 14.0. The molecule has 2 aromatic carbocycles. The van der Waals surface area contributed by atoms with Crippen LogP contribution in [0.15, 0.2) is 60.7 Å². The van der Waals surface area contributed by atoms with Crippen LogP contribution in [0, 0.1) is 5.92 Å². The molecule has 1 aliphatic heterocycles. The Morgan fingerprint density at radius 3 is 2.28 bits per heavy atom. The predicted molar refractivity (Wildman–Crippen MR) is 115 cm³/mol. The monoisotopic (exact) mass is 394 g/mol. The molecule has 0 bridgehead atoms. The van der Waals surface area contributed by atoms with Crippen LogP contribution in [0.25, 0.3) is 0 Å². The number of carboxylic acid groups (broad SMARTS) is 1. The minimum Gasteiger partial charge on any atom is -0.479 e. The van der Waals surface area contributed by atoms with E-state index in [4.69, 9.17) is 0 Å². The topological polar surface area (TPSA) is 60.9 Å². The number of para-hydroxylation sites is 1. The molecule has 154 valence electrons. The molecule has 3 rings (SSSR count). The van der Waals surface area contributed by atoms with Gasteiger partial charge in [-0.1, -0.05) is 62.4 Å². The number of rotatable bonds is 7. The highest BCUT2D eigenvalue weighted by Gasteiger charge is 2.53. The lowest BCUT2D eigenvalue weighted by Crippen LogP contribution is -2.66. The summed E-state index contributed by atoms with van der Waals surface area (Å²) in [6, 6.07) is 19.5. The molecule has 5 heteroatoms. The minimum absolute atomic E-state index is 0.150. The number of anilines is 1. The van der Waals surface area contributed by atoms with Crippen molar-refractivity contribution in [3.05, 3.63) is 66.2 Å². The van der Waals surface area contributed by atoms with Crippen LogP contribution in [0.5, 0.6) is 0 Å². The number of hydrogen-bond donors (Lipinski definition) is 1. The summed E-state index contributed by atoms with van der Waals surface area (Å²) in [6.07, 6.45) is 1.62. The van der Waals surface area contributed by atoms with E-state index in [9.17, 15) is 14.7 Å². The maximum Gasteiger partial charge on any atom is 0.330 e. The maximum atomic E-state index is 12.9. The first-order valence-corrected chi connectivity index (χ1v) is 10.4. The normalized spacial score (nSPS) is 22.2. The maximum absolute atomic E-state index is 12.9. The molecule has 0 radical (unpaired) electrons. The summed E-state index contributed by atoms with van der Waals surface area (Å²) in [7, 11) is 0. The van der Waals surface area contributed by atoms with Gasteiger partial charge < -0.3 is 10.0 Å². The second-order valence-corrected chi connectivity index (χ2v) is 7.83. The molecule has 1 N–H and O–H groups in total. The van der Waals surface area contributed by atoms with E-state index in [2.05, 4.69) is 17.0 Å². The van der Waals surface area contributed by atoms with Gasteiger partial charge in [-0.2, -0.15) is 0 Å². The van der Waals surface area contributed by atoms with Crippen LogP contribution in [-0.2, 0) is 16.0 Å². The number of carbonyl (C=O) groups excluding carboxylic acids is 1. The van der Waals surface area contributed by atoms with Gasteiger partial charge in [-0.05, 0) is 30.5 Å². The fourth-order valence-electron chi connectivity index (χ4n) is 4.42. The molecule has 0 aliphatic carbocycles. The Bertz CT molecular complexity index is 825. The van der Waals surface area contributed by atoms with Crippen molar-refractivity contribution >= 4 is 17.6 Å². The highest BCUT2D eigenvalue weighted by Crippen LogP contribution is 2.38. The van der Waals surface area contributed by atoms with Gasteiger partial charge in [-0.3, -0.25) is 9.69 Å². The molecule has 1 amide bonds. The number of carboxylic acids is 1. The summed E-state index contributed by atoms with van der Waals surface area (Å²) >= 11 is 0. The fourth-order valence-corrected chi connectivity index (χ4v) is 4.42. The molecule has 1 aliphatic rings. The summed E-state index contributed by atoms with van der Waals surface area (Å²) in [4.78, 5) is 29.4. The van der Waals surface area contributed by atoms with E-state index in [1.807, 2.05) is 55.5 Å². The lowest BCUT2D eigenvalue weighted by atomic mass is 9.76. The van der Waals surface area contributed by atoms with Crippen molar-refractivity contribution in [3.63, 3.8) is 0 Å². The van der Waals surface area contributed by atoms with Crippen molar-refractivity contribution in [1.29, 1.82) is 0 Å². The SMILES string of the molecule is CCC(=O)N(c1ccccc1)C1(C(=O)O)CCN(CCc2ccccc2)CC1C. The van der Waals surface area contributed by atoms with E-state index >= 15 is 0 Å². The highest BCUT2D eigenvalue weighted by molar-refractivity contribution is 6.01. The molecular formula is C24H30N2O3. The number of piperidine rings is 1. The van der Waals surface area contributed by atoms with Gasteiger partial charge in [0.25, 0.3) is 0 Å². The lowest BCUT2D eigenvalue weighted by molar-refractivity contribution is -0.150. The number of amides is 1. The van der Waals surface area contributed by atoms with E-state index in [-0.39, 0.29) is 18.2 Å². The number of likely N-dealkylation sites (tertiary alicyclic amines) is 1. The molecule has 2 aromatic rings. The van der Waals surface area contributed by atoms with Crippen LogP contribution >= 0.6 is 0 Å². The Labute approximate surface area is 172 Å². The Morgan fingerprint density at radius 1 is 1.10 bits per heavy atom. The van der Waals surface area contributed by atoms with E-state index < -0.39 is 11.5 Å². The second kappa shape index (κ2) is 9.23. The van der Waals surface area contributed by atoms with Gasteiger partial charge in [-0.25, -0.2) is 4.79 Å². The Hall–Kier alpha value is -2.66. The van der Waals surface area contributed by atoms with Crippen molar-refractivity contribution in [1.82, 2.24) is 4.90 Å². The predicted octanol–water partition coefficient (Wildman–Crippen LogP) is 3.84. The zero-order valence-corrected chi connectivity index (χ0v) is 17.3. The molecule has 2 atom stereocenters. The van der Waals surface area contributed by atoms with Crippen molar-refractivity contribution in [3.8, 4) is 0 Å². The number of carbonyl (C=O) groups is 2. The molecule has 5 nitrogen and oxygen atoms in total. The number of hydrogen-bond acceptors (Lipinski definition) is 3. The van der Waals surface area contributed by atoms with Gasteiger partial charge in [0.05, 0.1) is 0 Å². The molecule has 2 unspecified atom stereocenters. The largest absolute Gasteiger partial charge is 0.479 e. The van der Waals surface area contributed by atoms with Gasteiger partial charge in [0, 0.05) is 37.7 Å². The third-order valence-corrected chi connectivity index (χ3v) is 6.05. The van der Waals surface area contributed by atoms with Crippen molar-refractivity contribution < 1.29 is 14.7 Å². The first kappa shape index (κ1) is 21.1. The van der Waals surface area contributed by atoms with Crippen LogP contribution in [0.2, 0.25) is 0 Å². The van der Waals surface area contributed by atoms with Gasteiger partial charge >= 0.3 is 5.97 Å². The summed E-state index contributed by atoms with van der Waals surface area (Å²) in [6.45, 7) is 5.94. The standard InChI is InChI=1S/C24H30N2O3/c1-3-22(27)26(21-12-8-5-9-13-21)24(23(28)29)15-17-25(18-19(24)2)16-14-20-10-6-4-7-11-20/h4-13,19H,3,14-18H2,1-2H3,(H,28,29). The summed E-state index contributed by atoms with van der Waals surface area (Å²) in [5, 5.41) is 10.3. The number of nitrogens with zero attached hydrogens (tertiary/aromatic N) is 2. The molecule has 29 heavy (non-hydrogen) atoms. The third-order valence-electron chi connectivity index (χ3n) is 6.05. The van der Waals surface area contributed by atoms with Gasteiger partial charge in [-0.15, -0.1) is 0 Å². The van der Waals surface area contributed by atoms with E-state index in [0.717, 1.165) is 13.0 Å². The summed E-state index contributed by atoms with van der Waals surface area (Å²) in [5.41, 5.74) is 0.714. The van der Waals surface area contributed by atoms with Gasteiger partial charge in [0.15, 0.2) is 0 Å². The molecule has 1 heterocycles. The molecule has 0 aromatic heterocycles. The van der Waals surface area contributed by atoms with Gasteiger partial charge in [0.2, 0.25) is 5.91 Å². The average Bonchev–Trinajstić information content (AvgIpc) is 2.75. The van der Waals surface area contributed by atoms with Gasteiger partial charge in [0.1, 0.15) is 5.54 Å². The van der Waals surface area contributed by atoms with Crippen LogP contribution < -0.4 is 4.90 Å². The zero-order chi connectivity index (χ0) is 20.9. The Morgan fingerprint density at radius 2 is 1.72 bits per heavy atom. The quantitative estimate of drug-likeness (QED) is 0.775. The van der Waals surface area contributed by atoms with Crippen LogP contribution in [0.4, 0.5) is 5.69 Å². The average molecular weight is 395 g/mol. The van der Waals surface area contributed by atoms with Crippen molar-refractivity contribution in [2.45, 2.75) is 38.6 Å². The van der Waals surface area contributed by atoms with E-state index in [1.54, 1.807) is 11.8 Å². The third kappa shape index (κ3) is 4.35. The molecular weight excluding hydrogens is 364 g/mol. The second-order valence-electron chi connectivity index (χ2n) is 7.83. The zero-order valence-electron chi connectivity index (χ0n) is 17.3. The fraction of sp³-hybridized carbons (Fsp3) is 0.417. The van der Waals surface area contributed by atoms with Crippen LogP contribution in [-0.4, -0.2) is 47.1 Å². The van der Waals surface area contributed by atoms with Crippen molar-refractivity contribution in [2.24, 2.45) is 5.92 Å². The Balaban J connectivity index is 1.83. The number of benzene rings is 2. The molecule has 0 saturated carbocycles. The molecule has 1 fully saturated rings. The number of aliphatic carboxylic acids is 1. The highest BCUT2D eigenvalue weighted by atomic mass is 16.4. The Kier molecular flexibility index (Phi) is 6.70. The molecule has 0 spiro atoms. The minimum atomic E-state index is -1.22. The van der Waals surface area contributed by atoms with Crippen LogP contribution in [0.1, 0.15) is 32.3 Å². The first-order valence-electron chi connectivity index (χ1n) is 10.4. The van der Waals surface area contributed by atoms with Crippen molar-refractivity contribution in [2.75, 3.05) is 24.5 Å². The van der Waals surface area contributed by atoms with E-state index in [1.165, 1.54) is 5.56 Å². The van der Waals surface area contributed by atoms with Crippen LogP contribution in [0.3, 0.4) is 0 Å². The smallest absolute Gasteiger partial charge is 0.330 e.